The van der Waals surface area contributed by atoms with Crippen LogP contribution in [0.5, 0.6) is 5.75 Å². The van der Waals surface area contributed by atoms with Crippen molar-refractivity contribution in [2.75, 3.05) is 24.3 Å². The van der Waals surface area contributed by atoms with Gasteiger partial charge < -0.3 is 15.4 Å². The van der Waals surface area contributed by atoms with Gasteiger partial charge in [-0.2, -0.15) is 4.98 Å². The van der Waals surface area contributed by atoms with Crippen molar-refractivity contribution in [2.24, 2.45) is 0 Å². The van der Waals surface area contributed by atoms with Crippen molar-refractivity contribution in [3.05, 3.63) is 71.4 Å². The van der Waals surface area contributed by atoms with E-state index in [1.54, 1.807) is 26.2 Å². The summed E-state index contributed by atoms with van der Waals surface area (Å²) in [7, 11) is 1.66. The molecule has 0 saturated carbocycles. The summed E-state index contributed by atoms with van der Waals surface area (Å²) >= 11 is 0. The molecule has 0 saturated heterocycles. The number of ketones is 1. The van der Waals surface area contributed by atoms with Gasteiger partial charge in [0.05, 0.1) is 7.11 Å². The molecule has 0 spiro atoms. The second-order valence-corrected chi connectivity index (χ2v) is 6.51. The highest BCUT2D eigenvalue weighted by molar-refractivity contribution is 5.95. The molecule has 2 N–H and O–H groups in total. The van der Waals surface area contributed by atoms with E-state index in [1.807, 2.05) is 37.3 Å². The van der Waals surface area contributed by atoms with Gasteiger partial charge in [0, 0.05) is 29.6 Å². The molecule has 6 nitrogen and oxygen atoms in total. The van der Waals surface area contributed by atoms with Crippen LogP contribution < -0.4 is 15.4 Å². The molecule has 28 heavy (non-hydrogen) atoms. The topological polar surface area (TPSA) is 76.1 Å². The number of ether oxygens (including phenoxy) is 1. The van der Waals surface area contributed by atoms with Crippen LogP contribution in [0.25, 0.3) is 0 Å². The van der Waals surface area contributed by atoms with Crippen LogP contribution in [0.2, 0.25) is 0 Å². The van der Waals surface area contributed by atoms with Crippen molar-refractivity contribution in [2.45, 2.75) is 20.3 Å². The molecule has 2 aromatic carbocycles. The highest BCUT2D eigenvalue weighted by Gasteiger charge is 2.05. The van der Waals surface area contributed by atoms with E-state index in [9.17, 15) is 4.79 Å². The number of aromatic nitrogens is 2. The number of Topliss-reactive ketones (excluding diaryl/α,β-unsaturated/α-hetero) is 1. The maximum absolute atomic E-state index is 11.6. The standard InChI is InChI=1S/C22H24N4O2/c1-15-13-21(23-12-11-17-7-9-20(28-3)10-8-17)26-22(24-15)25-19-6-4-5-18(14-19)16(2)27/h4-10,13-14H,11-12H2,1-3H3,(H2,23,24,25,26). The normalized spacial score (nSPS) is 10.4. The summed E-state index contributed by atoms with van der Waals surface area (Å²) < 4.78 is 5.18. The number of rotatable bonds is 8. The van der Waals surface area contributed by atoms with Crippen molar-refractivity contribution in [1.82, 2.24) is 9.97 Å². The van der Waals surface area contributed by atoms with Crippen LogP contribution in [0.4, 0.5) is 17.5 Å². The molecule has 1 heterocycles. The van der Waals surface area contributed by atoms with Gasteiger partial charge in [0.2, 0.25) is 5.95 Å². The molecule has 0 aliphatic heterocycles. The minimum atomic E-state index is 0.0229. The minimum absolute atomic E-state index is 0.0229. The average molecular weight is 376 g/mol. The van der Waals surface area contributed by atoms with Crippen LogP contribution >= 0.6 is 0 Å². The number of carbonyl (C=O) groups excluding carboxylic acids is 1. The third-order valence-electron chi connectivity index (χ3n) is 4.26. The zero-order chi connectivity index (χ0) is 19.9. The molecule has 3 aromatic rings. The van der Waals surface area contributed by atoms with Crippen molar-refractivity contribution in [3.63, 3.8) is 0 Å². The minimum Gasteiger partial charge on any atom is -0.497 e. The molecule has 0 atom stereocenters. The third kappa shape index (κ3) is 5.30. The summed E-state index contributed by atoms with van der Waals surface area (Å²) in [6.45, 7) is 4.22. The fraction of sp³-hybridized carbons (Fsp3) is 0.227. The molecular formula is C22H24N4O2. The second kappa shape index (κ2) is 8.99. The fourth-order valence-electron chi connectivity index (χ4n) is 2.79. The van der Waals surface area contributed by atoms with Gasteiger partial charge in [0.25, 0.3) is 0 Å². The van der Waals surface area contributed by atoms with Crippen LogP contribution in [-0.4, -0.2) is 29.4 Å². The molecule has 0 bridgehead atoms. The lowest BCUT2D eigenvalue weighted by molar-refractivity contribution is 0.101. The van der Waals surface area contributed by atoms with E-state index in [1.165, 1.54) is 5.56 Å². The lowest BCUT2D eigenvalue weighted by atomic mass is 10.1. The van der Waals surface area contributed by atoms with Gasteiger partial charge in [-0.05, 0) is 50.1 Å². The number of anilines is 3. The Morgan fingerprint density at radius 3 is 2.57 bits per heavy atom. The van der Waals surface area contributed by atoms with Crippen LogP contribution in [0.3, 0.4) is 0 Å². The first-order valence-electron chi connectivity index (χ1n) is 9.14. The fourth-order valence-corrected chi connectivity index (χ4v) is 2.79. The predicted molar refractivity (Wildman–Crippen MR) is 112 cm³/mol. The summed E-state index contributed by atoms with van der Waals surface area (Å²) in [6.07, 6.45) is 0.871. The van der Waals surface area contributed by atoms with Crippen molar-refractivity contribution < 1.29 is 9.53 Å². The number of hydrogen-bond donors (Lipinski definition) is 2. The molecule has 0 aliphatic carbocycles. The number of nitrogens with one attached hydrogen (secondary N) is 2. The van der Waals surface area contributed by atoms with E-state index >= 15 is 0 Å². The number of benzene rings is 2. The van der Waals surface area contributed by atoms with Crippen molar-refractivity contribution in [1.29, 1.82) is 0 Å². The van der Waals surface area contributed by atoms with E-state index in [-0.39, 0.29) is 5.78 Å². The Morgan fingerprint density at radius 1 is 1.07 bits per heavy atom. The first-order chi connectivity index (χ1) is 13.5. The Balaban J connectivity index is 1.64. The molecule has 0 radical (unpaired) electrons. The lowest BCUT2D eigenvalue weighted by Gasteiger charge is -2.11. The van der Waals surface area contributed by atoms with Crippen LogP contribution in [-0.2, 0) is 6.42 Å². The summed E-state index contributed by atoms with van der Waals surface area (Å²) in [5, 5.41) is 6.51. The summed E-state index contributed by atoms with van der Waals surface area (Å²) in [4.78, 5) is 20.5. The van der Waals surface area contributed by atoms with Gasteiger partial charge in [-0.15, -0.1) is 0 Å². The summed E-state index contributed by atoms with van der Waals surface area (Å²) in [5.41, 5.74) is 3.50. The molecule has 3 rings (SSSR count). The Kier molecular flexibility index (Phi) is 6.22. The lowest BCUT2D eigenvalue weighted by Crippen LogP contribution is -2.09. The van der Waals surface area contributed by atoms with E-state index in [2.05, 4.69) is 32.7 Å². The van der Waals surface area contributed by atoms with Gasteiger partial charge in [-0.3, -0.25) is 4.79 Å². The number of aryl methyl sites for hydroxylation is 1. The molecule has 1 aromatic heterocycles. The van der Waals surface area contributed by atoms with Gasteiger partial charge >= 0.3 is 0 Å². The Bertz CT molecular complexity index is 955. The molecule has 0 fully saturated rings. The van der Waals surface area contributed by atoms with Crippen LogP contribution in [0.15, 0.2) is 54.6 Å². The maximum atomic E-state index is 11.6. The summed E-state index contributed by atoms with van der Waals surface area (Å²) in [5.74, 6) is 2.13. The van der Waals surface area contributed by atoms with E-state index in [4.69, 9.17) is 4.74 Å². The number of methoxy groups -OCH3 is 1. The Hall–Kier alpha value is -3.41. The van der Waals surface area contributed by atoms with Gasteiger partial charge in [0.15, 0.2) is 5.78 Å². The SMILES string of the molecule is COc1ccc(CCNc2cc(C)nc(Nc3cccc(C(C)=O)c3)n2)cc1. The first kappa shape index (κ1) is 19.4. The zero-order valence-corrected chi connectivity index (χ0v) is 16.3. The average Bonchev–Trinajstić information content (AvgIpc) is 2.68. The summed E-state index contributed by atoms with van der Waals surface area (Å²) in [6, 6.07) is 17.2. The molecule has 144 valence electrons. The highest BCUT2D eigenvalue weighted by atomic mass is 16.5. The van der Waals surface area contributed by atoms with Crippen molar-refractivity contribution in [3.8, 4) is 5.75 Å². The number of nitrogens with zero attached hydrogens (tertiary/aromatic N) is 2. The monoisotopic (exact) mass is 376 g/mol. The van der Waals surface area contributed by atoms with E-state index in [0.717, 1.165) is 35.9 Å². The maximum Gasteiger partial charge on any atom is 0.229 e. The molecular weight excluding hydrogens is 352 g/mol. The number of hydrogen-bond acceptors (Lipinski definition) is 6. The molecule has 0 amide bonds. The number of carbonyl (C=O) groups is 1. The van der Waals surface area contributed by atoms with Crippen molar-refractivity contribution >= 4 is 23.2 Å². The molecule has 6 heteroatoms. The second-order valence-electron chi connectivity index (χ2n) is 6.51. The quantitative estimate of drug-likeness (QED) is 0.568. The zero-order valence-electron chi connectivity index (χ0n) is 16.3. The first-order valence-corrected chi connectivity index (χ1v) is 9.14. The third-order valence-corrected chi connectivity index (χ3v) is 4.26. The Morgan fingerprint density at radius 2 is 1.86 bits per heavy atom. The van der Waals surface area contributed by atoms with Crippen LogP contribution in [0.1, 0.15) is 28.5 Å². The smallest absolute Gasteiger partial charge is 0.229 e. The van der Waals surface area contributed by atoms with Crippen LogP contribution in [0, 0.1) is 6.92 Å². The predicted octanol–water partition coefficient (Wildman–Crippen LogP) is 4.39. The largest absolute Gasteiger partial charge is 0.497 e. The molecule has 0 unspecified atom stereocenters. The van der Waals surface area contributed by atoms with Gasteiger partial charge in [-0.25, -0.2) is 4.98 Å². The Labute approximate surface area is 165 Å². The van der Waals surface area contributed by atoms with Gasteiger partial charge in [0.1, 0.15) is 11.6 Å². The van der Waals surface area contributed by atoms with Gasteiger partial charge in [-0.1, -0.05) is 24.3 Å². The van der Waals surface area contributed by atoms with E-state index in [0.29, 0.717) is 11.5 Å². The van der Waals surface area contributed by atoms with E-state index < -0.39 is 0 Å². The highest BCUT2D eigenvalue weighted by Crippen LogP contribution is 2.18. The molecule has 0 aliphatic rings.